The number of para-hydroxylation sites is 1. The molecule has 2 aromatic rings. The first-order chi connectivity index (χ1) is 14.6. The van der Waals surface area contributed by atoms with Crippen LogP contribution in [0.5, 0.6) is 5.75 Å². The van der Waals surface area contributed by atoms with Crippen LogP contribution in [0.15, 0.2) is 59.6 Å². The van der Waals surface area contributed by atoms with Crippen molar-refractivity contribution in [3.63, 3.8) is 0 Å². The fourth-order valence-electron chi connectivity index (χ4n) is 3.47. The van der Waals surface area contributed by atoms with E-state index in [-0.39, 0.29) is 6.61 Å². The minimum Gasteiger partial charge on any atom is -0.484 e. The highest BCUT2D eigenvalue weighted by molar-refractivity contribution is 5.80. The highest BCUT2D eigenvalue weighted by Gasteiger charge is 2.23. The molecule has 0 spiro atoms. The van der Waals surface area contributed by atoms with Crippen LogP contribution in [0, 0.1) is 0 Å². The molecule has 1 aliphatic heterocycles. The molecule has 1 fully saturated rings. The molecule has 0 aromatic heterocycles. The molecule has 1 heterocycles. The quantitative estimate of drug-likeness (QED) is 0.435. The van der Waals surface area contributed by atoms with Crippen molar-refractivity contribution in [1.82, 2.24) is 10.6 Å². The van der Waals surface area contributed by atoms with Gasteiger partial charge in [0.2, 0.25) is 0 Å². The minimum absolute atomic E-state index is 0.107. The third-order valence-electron chi connectivity index (χ3n) is 4.97. The summed E-state index contributed by atoms with van der Waals surface area (Å²) in [7, 11) is 0. The normalized spacial score (nSPS) is 16.4. The lowest BCUT2D eigenvalue weighted by Crippen LogP contribution is -2.44. The molecule has 30 heavy (non-hydrogen) atoms. The van der Waals surface area contributed by atoms with Gasteiger partial charge in [0.15, 0.2) is 12.6 Å². The molecule has 1 amide bonds. The van der Waals surface area contributed by atoms with Gasteiger partial charge in [-0.15, -0.1) is 0 Å². The summed E-state index contributed by atoms with van der Waals surface area (Å²) in [5.41, 5.74) is 7.53. The first kappa shape index (κ1) is 21.5. The number of carbonyl (C=O) groups excluding carboxylic acids is 1. The summed E-state index contributed by atoms with van der Waals surface area (Å²) in [6.45, 7) is 5.50. The lowest BCUT2D eigenvalue weighted by molar-refractivity contribution is -0.119. The third-order valence-corrected chi connectivity index (χ3v) is 4.97. The van der Waals surface area contributed by atoms with Gasteiger partial charge in [0.05, 0.1) is 0 Å². The van der Waals surface area contributed by atoms with Gasteiger partial charge in [-0.1, -0.05) is 30.3 Å². The van der Waals surface area contributed by atoms with Crippen LogP contribution in [0.2, 0.25) is 0 Å². The van der Waals surface area contributed by atoms with Crippen LogP contribution >= 0.6 is 0 Å². The van der Waals surface area contributed by atoms with E-state index >= 15 is 0 Å². The topological polar surface area (TPSA) is 92.0 Å². The maximum atomic E-state index is 10.8. The Bertz CT molecular complexity index is 823. The van der Waals surface area contributed by atoms with Crippen molar-refractivity contribution in [3.8, 4) is 5.75 Å². The van der Waals surface area contributed by atoms with Crippen LogP contribution in [0.4, 0.5) is 5.69 Å². The van der Waals surface area contributed by atoms with Gasteiger partial charge in [0, 0.05) is 37.9 Å². The molecule has 0 saturated carbocycles. The molecule has 7 nitrogen and oxygen atoms in total. The van der Waals surface area contributed by atoms with Gasteiger partial charge in [0.25, 0.3) is 5.91 Å². The summed E-state index contributed by atoms with van der Waals surface area (Å²) in [4.78, 5) is 17.9. The van der Waals surface area contributed by atoms with Crippen molar-refractivity contribution in [2.75, 3.05) is 37.7 Å². The van der Waals surface area contributed by atoms with E-state index in [1.807, 2.05) is 30.3 Å². The molecule has 0 radical (unpaired) electrons. The largest absolute Gasteiger partial charge is 0.484 e. The number of rotatable bonds is 9. The van der Waals surface area contributed by atoms with Crippen molar-refractivity contribution in [1.29, 1.82) is 0 Å². The Kier molecular flexibility index (Phi) is 7.94. The van der Waals surface area contributed by atoms with Gasteiger partial charge in [-0.3, -0.25) is 9.79 Å². The Hall–Kier alpha value is -3.22. The van der Waals surface area contributed by atoms with E-state index < -0.39 is 5.91 Å². The number of carbonyl (C=O) groups is 1. The molecule has 1 saturated heterocycles. The summed E-state index contributed by atoms with van der Waals surface area (Å²) < 4.78 is 5.29. The number of benzene rings is 2. The molecule has 2 aromatic carbocycles. The third kappa shape index (κ3) is 6.69. The zero-order valence-electron chi connectivity index (χ0n) is 17.5. The number of ether oxygens (including phenoxy) is 1. The van der Waals surface area contributed by atoms with Gasteiger partial charge < -0.3 is 26.0 Å². The van der Waals surface area contributed by atoms with E-state index in [4.69, 9.17) is 15.5 Å². The fraction of sp³-hybridized carbons (Fsp3) is 0.391. The first-order valence-corrected chi connectivity index (χ1v) is 10.5. The van der Waals surface area contributed by atoms with E-state index in [1.54, 1.807) is 0 Å². The van der Waals surface area contributed by atoms with Crippen LogP contribution in [0.1, 0.15) is 18.9 Å². The van der Waals surface area contributed by atoms with Crippen LogP contribution < -0.4 is 26.0 Å². The van der Waals surface area contributed by atoms with E-state index in [2.05, 4.69) is 46.7 Å². The Balaban J connectivity index is 1.48. The number of amides is 1. The van der Waals surface area contributed by atoms with E-state index in [9.17, 15) is 4.79 Å². The molecule has 1 atom stereocenters. The zero-order valence-corrected chi connectivity index (χ0v) is 17.5. The summed E-state index contributed by atoms with van der Waals surface area (Å²) >= 11 is 0. The zero-order chi connectivity index (χ0) is 21.2. The summed E-state index contributed by atoms with van der Waals surface area (Å²) in [6, 6.07) is 18.6. The molecule has 0 aliphatic carbocycles. The van der Waals surface area contributed by atoms with E-state index in [0.29, 0.717) is 18.3 Å². The number of hydrogen-bond acceptors (Lipinski definition) is 4. The number of hydrogen-bond donors (Lipinski definition) is 3. The van der Waals surface area contributed by atoms with Gasteiger partial charge in [-0.25, -0.2) is 0 Å². The van der Waals surface area contributed by atoms with Crippen molar-refractivity contribution < 1.29 is 9.53 Å². The van der Waals surface area contributed by atoms with E-state index in [1.165, 1.54) is 5.69 Å². The number of nitrogens with zero attached hydrogens (tertiary/aromatic N) is 2. The van der Waals surface area contributed by atoms with Crippen molar-refractivity contribution >= 4 is 17.6 Å². The minimum atomic E-state index is -0.481. The molecule has 1 unspecified atom stereocenters. The predicted molar refractivity (Wildman–Crippen MR) is 121 cm³/mol. The summed E-state index contributed by atoms with van der Waals surface area (Å²) in [5, 5.41) is 6.92. The number of nitrogens with two attached hydrogens (primary N) is 1. The Morgan fingerprint density at radius 3 is 2.67 bits per heavy atom. The lowest BCUT2D eigenvalue weighted by Gasteiger charge is -2.20. The SMILES string of the molecule is CCNC(=NCCc1ccc(OCC(N)=O)cc1)NC1CCN(c2ccccc2)C1. The van der Waals surface area contributed by atoms with Crippen LogP contribution in [0.25, 0.3) is 0 Å². The van der Waals surface area contributed by atoms with Crippen LogP contribution in [-0.4, -0.2) is 50.7 Å². The second-order valence-electron chi connectivity index (χ2n) is 7.32. The van der Waals surface area contributed by atoms with Gasteiger partial charge in [-0.2, -0.15) is 0 Å². The molecule has 0 bridgehead atoms. The average Bonchev–Trinajstić information content (AvgIpc) is 3.22. The monoisotopic (exact) mass is 409 g/mol. The maximum absolute atomic E-state index is 10.8. The average molecular weight is 410 g/mol. The molecule has 1 aliphatic rings. The Labute approximate surface area is 178 Å². The molecule has 3 rings (SSSR count). The van der Waals surface area contributed by atoms with Crippen LogP contribution in [0.3, 0.4) is 0 Å². The highest BCUT2D eigenvalue weighted by Crippen LogP contribution is 2.19. The summed E-state index contributed by atoms with van der Waals surface area (Å²) in [5.74, 6) is 1.02. The van der Waals surface area contributed by atoms with E-state index in [0.717, 1.165) is 44.0 Å². The van der Waals surface area contributed by atoms with Gasteiger partial charge in [0.1, 0.15) is 5.75 Å². The van der Waals surface area contributed by atoms with Gasteiger partial charge in [-0.05, 0) is 49.6 Å². The number of nitrogens with one attached hydrogen (secondary N) is 2. The molecular weight excluding hydrogens is 378 g/mol. The molecule has 160 valence electrons. The first-order valence-electron chi connectivity index (χ1n) is 10.5. The van der Waals surface area contributed by atoms with Crippen molar-refractivity contribution in [3.05, 3.63) is 60.2 Å². The fourth-order valence-corrected chi connectivity index (χ4v) is 3.47. The second kappa shape index (κ2) is 11.1. The Morgan fingerprint density at radius 2 is 1.97 bits per heavy atom. The molecule has 7 heteroatoms. The smallest absolute Gasteiger partial charge is 0.255 e. The number of primary amides is 1. The van der Waals surface area contributed by atoms with Gasteiger partial charge >= 0.3 is 0 Å². The number of guanidine groups is 1. The predicted octanol–water partition coefficient (Wildman–Crippen LogP) is 1.93. The highest BCUT2D eigenvalue weighted by atomic mass is 16.5. The molecular formula is C23H31N5O2. The lowest BCUT2D eigenvalue weighted by atomic mass is 10.1. The number of aliphatic imine (C=N–C) groups is 1. The standard InChI is InChI=1S/C23H31N5O2/c1-2-25-23(27-19-13-15-28(16-19)20-6-4-3-5-7-20)26-14-12-18-8-10-21(11-9-18)30-17-22(24)29/h3-11,19H,2,12-17H2,1H3,(H2,24,29)(H2,25,26,27). The summed E-state index contributed by atoms with van der Waals surface area (Å²) in [6.07, 6.45) is 1.92. The molecule has 4 N–H and O–H groups in total. The second-order valence-corrected chi connectivity index (χ2v) is 7.32. The van der Waals surface area contributed by atoms with Crippen molar-refractivity contribution in [2.45, 2.75) is 25.8 Å². The van der Waals surface area contributed by atoms with Crippen molar-refractivity contribution in [2.24, 2.45) is 10.7 Å². The Morgan fingerprint density at radius 1 is 1.20 bits per heavy atom. The van der Waals surface area contributed by atoms with Crippen LogP contribution in [-0.2, 0) is 11.2 Å². The number of anilines is 1. The maximum Gasteiger partial charge on any atom is 0.255 e.